The zero-order chi connectivity index (χ0) is 18.7. The average molecular weight is 361 g/mol. The molecule has 4 heterocycles. The Kier molecular flexibility index (Phi) is 4.76. The molecular weight excluding hydrogens is 338 g/mol. The highest BCUT2D eigenvalue weighted by atomic mass is 16.2. The Labute approximate surface area is 159 Å². The maximum Gasteiger partial charge on any atom is 0.222 e. The molecule has 2 aliphatic heterocycles. The maximum atomic E-state index is 12.5. The van der Waals surface area contributed by atoms with Crippen molar-refractivity contribution in [3.05, 3.63) is 54.0 Å². The SMILES string of the molecule is N#Cc1ccc(N2CCC[C@]3(CCC(=O)N(Cc4cccnc4)C3)C2)nc1. The molecule has 0 aromatic carbocycles. The van der Waals surface area contributed by atoms with Crippen molar-refractivity contribution in [2.75, 3.05) is 24.5 Å². The monoisotopic (exact) mass is 361 g/mol. The van der Waals surface area contributed by atoms with Gasteiger partial charge < -0.3 is 9.80 Å². The van der Waals surface area contributed by atoms with Crippen LogP contribution in [0.2, 0.25) is 0 Å². The van der Waals surface area contributed by atoms with Crippen LogP contribution in [0.15, 0.2) is 42.9 Å². The normalized spacial score (nSPS) is 22.7. The van der Waals surface area contributed by atoms with Crippen LogP contribution in [0.4, 0.5) is 5.82 Å². The Morgan fingerprint density at radius 3 is 2.85 bits per heavy atom. The Hall–Kier alpha value is -2.94. The number of anilines is 1. The van der Waals surface area contributed by atoms with E-state index in [1.54, 1.807) is 12.4 Å². The van der Waals surface area contributed by atoms with Crippen LogP contribution >= 0.6 is 0 Å². The number of carbonyl (C=O) groups is 1. The van der Waals surface area contributed by atoms with Gasteiger partial charge in [0.15, 0.2) is 0 Å². The van der Waals surface area contributed by atoms with Crippen LogP contribution in [-0.4, -0.2) is 40.4 Å². The van der Waals surface area contributed by atoms with Crippen LogP contribution < -0.4 is 4.90 Å². The highest BCUT2D eigenvalue weighted by Crippen LogP contribution is 2.40. The molecule has 0 bridgehead atoms. The van der Waals surface area contributed by atoms with Gasteiger partial charge >= 0.3 is 0 Å². The number of nitrogens with zero attached hydrogens (tertiary/aromatic N) is 5. The van der Waals surface area contributed by atoms with Crippen molar-refractivity contribution < 1.29 is 4.79 Å². The fourth-order valence-electron chi connectivity index (χ4n) is 4.33. The molecule has 2 fully saturated rings. The number of piperidine rings is 2. The van der Waals surface area contributed by atoms with E-state index in [4.69, 9.17) is 5.26 Å². The molecule has 1 amide bonds. The molecule has 1 atom stereocenters. The number of carbonyl (C=O) groups excluding carboxylic acids is 1. The quantitative estimate of drug-likeness (QED) is 0.840. The van der Waals surface area contributed by atoms with Gasteiger partial charge in [0.1, 0.15) is 11.9 Å². The summed E-state index contributed by atoms with van der Waals surface area (Å²) in [6, 6.07) is 9.81. The summed E-state index contributed by atoms with van der Waals surface area (Å²) in [7, 11) is 0. The van der Waals surface area contributed by atoms with Gasteiger partial charge in [0.2, 0.25) is 5.91 Å². The topological polar surface area (TPSA) is 73.1 Å². The zero-order valence-electron chi connectivity index (χ0n) is 15.3. The number of likely N-dealkylation sites (tertiary alicyclic amines) is 1. The zero-order valence-corrected chi connectivity index (χ0v) is 15.3. The summed E-state index contributed by atoms with van der Waals surface area (Å²) in [6.45, 7) is 3.29. The van der Waals surface area contributed by atoms with Gasteiger partial charge in [-0.3, -0.25) is 9.78 Å². The third kappa shape index (κ3) is 3.77. The van der Waals surface area contributed by atoms with E-state index < -0.39 is 0 Å². The number of hydrogen-bond acceptors (Lipinski definition) is 5. The molecule has 0 radical (unpaired) electrons. The molecule has 0 N–H and O–H groups in total. The van der Waals surface area contributed by atoms with E-state index in [0.717, 1.165) is 50.3 Å². The highest BCUT2D eigenvalue weighted by molar-refractivity contribution is 5.77. The summed E-state index contributed by atoms with van der Waals surface area (Å²) in [4.78, 5) is 25.4. The molecule has 2 saturated heterocycles. The van der Waals surface area contributed by atoms with E-state index in [-0.39, 0.29) is 11.3 Å². The molecule has 2 aliphatic rings. The van der Waals surface area contributed by atoms with Crippen LogP contribution in [0.3, 0.4) is 0 Å². The lowest BCUT2D eigenvalue weighted by molar-refractivity contribution is -0.138. The number of aromatic nitrogens is 2. The third-order valence-corrected chi connectivity index (χ3v) is 5.71. The highest BCUT2D eigenvalue weighted by Gasteiger charge is 2.42. The van der Waals surface area contributed by atoms with Crippen LogP contribution in [0.1, 0.15) is 36.8 Å². The largest absolute Gasteiger partial charge is 0.356 e. The molecule has 0 aliphatic carbocycles. The molecule has 6 nitrogen and oxygen atoms in total. The first-order chi connectivity index (χ1) is 13.2. The van der Waals surface area contributed by atoms with E-state index in [1.807, 2.05) is 35.4 Å². The predicted octanol–water partition coefficient (Wildman–Crippen LogP) is 2.76. The van der Waals surface area contributed by atoms with Gasteiger partial charge in [-0.2, -0.15) is 5.26 Å². The summed E-state index contributed by atoms with van der Waals surface area (Å²) < 4.78 is 0. The summed E-state index contributed by atoms with van der Waals surface area (Å²) in [5, 5.41) is 8.97. The van der Waals surface area contributed by atoms with Crippen LogP contribution in [0.5, 0.6) is 0 Å². The van der Waals surface area contributed by atoms with Crippen molar-refractivity contribution >= 4 is 11.7 Å². The summed E-state index contributed by atoms with van der Waals surface area (Å²) in [5.74, 6) is 1.15. The Bertz CT molecular complexity index is 845. The Morgan fingerprint density at radius 1 is 1.19 bits per heavy atom. The smallest absolute Gasteiger partial charge is 0.222 e. The first-order valence-corrected chi connectivity index (χ1v) is 9.45. The van der Waals surface area contributed by atoms with E-state index >= 15 is 0 Å². The summed E-state index contributed by atoms with van der Waals surface area (Å²) in [6.07, 6.45) is 9.00. The van der Waals surface area contributed by atoms with Crippen LogP contribution in [0.25, 0.3) is 0 Å². The van der Waals surface area contributed by atoms with Crippen molar-refractivity contribution in [3.63, 3.8) is 0 Å². The Morgan fingerprint density at radius 2 is 2.11 bits per heavy atom. The van der Waals surface area contributed by atoms with Crippen LogP contribution in [-0.2, 0) is 11.3 Å². The first kappa shape index (κ1) is 17.5. The van der Waals surface area contributed by atoms with Crippen molar-refractivity contribution in [2.24, 2.45) is 5.41 Å². The minimum atomic E-state index is 0.115. The van der Waals surface area contributed by atoms with Gasteiger partial charge in [0, 0.05) is 56.6 Å². The van der Waals surface area contributed by atoms with E-state index in [2.05, 4.69) is 20.9 Å². The Balaban J connectivity index is 1.49. The van der Waals surface area contributed by atoms with Gasteiger partial charge in [-0.1, -0.05) is 6.07 Å². The molecule has 2 aromatic rings. The fraction of sp³-hybridized carbons (Fsp3) is 0.429. The lowest BCUT2D eigenvalue weighted by Crippen LogP contribution is -2.54. The number of pyridine rings is 2. The van der Waals surface area contributed by atoms with Crippen molar-refractivity contribution in [1.82, 2.24) is 14.9 Å². The molecule has 6 heteroatoms. The fourth-order valence-corrected chi connectivity index (χ4v) is 4.33. The standard InChI is InChI=1S/C21H23N5O/c22-11-17-4-5-19(24-13-17)25-10-2-7-21(15-25)8-6-20(27)26(16-21)14-18-3-1-9-23-12-18/h1,3-5,9,12-13H,2,6-8,10,14-16H2/t21-/m0/s1. The first-order valence-electron chi connectivity index (χ1n) is 9.45. The molecule has 1 spiro atoms. The van der Waals surface area contributed by atoms with Crippen LogP contribution in [0, 0.1) is 16.7 Å². The molecular formula is C21H23N5O. The molecule has 2 aromatic heterocycles. The molecule has 27 heavy (non-hydrogen) atoms. The molecule has 0 unspecified atom stereocenters. The van der Waals surface area contributed by atoms with Gasteiger partial charge in [0.05, 0.1) is 5.56 Å². The average Bonchev–Trinajstić information content (AvgIpc) is 2.72. The van der Waals surface area contributed by atoms with E-state index in [0.29, 0.717) is 18.5 Å². The maximum absolute atomic E-state index is 12.5. The van der Waals surface area contributed by atoms with E-state index in [9.17, 15) is 4.79 Å². The second-order valence-electron chi connectivity index (χ2n) is 7.65. The summed E-state index contributed by atoms with van der Waals surface area (Å²) >= 11 is 0. The number of nitriles is 1. The van der Waals surface area contributed by atoms with Gasteiger partial charge in [-0.05, 0) is 43.0 Å². The molecule has 4 rings (SSSR count). The van der Waals surface area contributed by atoms with Crippen molar-refractivity contribution in [3.8, 4) is 6.07 Å². The van der Waals surface area contributed by atoms with Gasteiger partial charge in [0.25, 0.3) is 0 Å². The van der Waals surface area contributed by atoms with Crippen molar-refractivity contribution in [1.29, 1.82) is 5.26 Å². The molecule has 138 valence electrons. The van der Waals surface area contributed by atoms with Gasteiger partial charge in [-0.25, -0.2) is 4.98 Å². The predicted molar refractivity (Wildman–Crippen MR) is 102 cm³/mol. The minimum Gasteiger partial charge on any atom is -0.356 e. The van der Waals surface area contributed by atoms with Gasteiger partial charge in [-0.15, -0.1) is 0 Å². The second kappa shape index (κ2) is 7.36. The third-order valence-electron chi connectivity index (χ3n) is 5.71. The van der Waals surface area contributed by atoms with Crippen molar-refractivity contribution in [2.45, 2.75) is 32.2 Å². The summed E-state index contributed by atoms with van der Waals surface area (Å²) in [5.41, 5.74) is 1.77. The number of amides is 1. The van der Waals surface area contributed by atoms with E-state index in [1.165, 1.54) is 0 Å². The number of rotatable bonds is 3. The minimum absolute atomic E-state index is 0.115. The lowest BCUT2D eigenvalue weighted by Gasteiger charge is -2.48. The molecule has 0 saturated carbocycles. The second-order valence-corrected chi connectivity index (χ2v) is 7.65. The number of hydrogen-bond donors (Lipinski definition) is 0. The lowest BCUT2D eigenvalue weighted by atomic mass is 9.73.